The SMILES string of the molecule is CCCN1c2cc(Cl)c(/C=C3/C(=O)NC(=O)N(c4cccc(OCC)c4)C3=O)cc2C(C)CC1(C)C. The maximum atomic E-state index is 13.4. The number of imide groups is 2. The number of rotatable bonds is 6. The van der Waals surface area contributed by atoms with Gasteiger partial charge in [0, 0.05) is 28.9 Å². The van der Waals surface area contributed by atoms with Crippen LogP contribution in [-0.2, 0) is 9.59 Å². The molecule has 2 aliphatic rings. The minimum atomic E-state index is -0.807. The lowest BCUT2D eigenvalue weighted by atomic mass is 9.79. The second-order valence-electron chi connectivity index (χ2n) is 9.89. The van der Waals surface area contributed by atoms with Crippen LogP contribution in [0, 0.1) is 0 Å². The van der Waals surface area contributed by atoms with Gasteiger partial charge in [-0.3, -0.25) is 14.9 Å². The molecule has 1 fully saturated rings. The molecule has 1 N–H and O–H groups in total. The maximum Gasteiger partial charge on any atom is 0.335 e. The van der Waals surface area contributed by atoms with Gasteiger partial charge in [0.25, 0.3) is 11.8 Å². The summed E-state index contributed by atoms with van der Waals surface area (Å²) in [5.41, 5.74) is 2.91. The molecular formula is C28H32ClN3O4. The van der Waals surface area contributed by atoms with E-state index in [0.717, 1.165) is 35.5 Å². The van der Waals surface area contributed by atoms with E-state index in [1.54, 1.807) is 24.3 Å². The van der Waals surface area contributed by atoms with E-state index in [2.05, 4.69) is 37.9 Å². The van der Waals surface area contributed by atoms with Crippen LogP contribution in [0.3, 0.4) is 0 Å². The Morgan fingerprint density at radius 2 is 1.92 bits per heavy atom. The molecule has 0 aliphatic carbocycles. The number of halogens is 1. The highest BCUT2D eigenvalue weighted by atomic mass is 35.5. The molecule has 0 bridgehead atoms. The van der Waals surface area contributed by atoms with Crippen molar-refractivity contribution in [1.82, 2.24) is 5.32 Å². The van der Waals surface area contributed by atoms with Crippen LogP contribution in [0.15, 0.2) is 42.0 Å². The lowest BCUT2D eigenvalue weighted by molar-refractivity contribution is -0.122. The first-order valence-electron chi connectivity index (χ1n) is 12.3. The van der Waals surface area contributed by atoms with E-state index in [9.17, 15) is 14.4 Å². The lowest BCUT2D eigenvalue weighted by Crippen LogP contribution is -2.54. The van der Waals surface area contributed by atoms with Crippen LogP contribution < -0.4 is 19.9 Å². The summed E-state index contributed by atoms with van der Waals surface area (Å²) in [5.74, 6) is -0.678. The first-order valence-corrected chi connectivity index (χ1v) is 12.7. The van der Waals surface area contributed by atoms with E-state index in [0.29, 0.717) is 28.6 Å². The summed E-state index contributed by atoms with van der Waals surface area (Å²) in [6.07, 6.45) is 3.45. The van der Waals surface area contributed by atoms with Crippen molar-refractivity contribution in [3.63, 3.8) is 0 Å². The average Bonchev–Trinajstić information content (AvgIpc) is 2.80. The number of barbiturate groups is 1. The normalized spacial score (nSPS) is 20.4. The molecule has 36 heavy (non-hydrogen) atoms. The van der Waals surface area contributed by atoms with Crippen molar-refractivity contribution in [2.75, 3.05) is 23.0 Å². The minimum Gasteiger partial charge on any atom is -0.494 e. The molecule has 7 nitrogen and oxygen atoms in total. The lowest BCUT2D eigenvalue weighted by Gasteiger charge is -2.47. The summed E-state index contributed by atoms with van der Waals surface area (Å²) in [7, 11) is 0. The number of nitrogens with one attached hydrogen (secondary N) is 1. The van der Waals surface area contributed by atoms with Gasteiger partial charge in [-0.2, -0.15) is 0 Å². The number of ether oxygens (including phenoxy) is 1. The van der Waals surface area contributed by atoms with Gasteiger partial charge < -0.3 is 9.64 Å². The number of nitrogens with zero attached hydrogens (tertiary/aromatic N) is 2. The molecule has 190 valence electrons. The number of carbonyl (C=O) groups excluding carboxylic acids is 3. The van der Waals surface area contributed by atoms with E-state index in [1.165, 1.54) is 6.08 Å². The zero-order chi connectivity index (χ0) is 26.2. The van der Waals surface area contributed by atoms with Gasteiger partial charge in [0.1, 0.15) is 11.3 Å². The first kappa shape index (κ1) is 25.8. The number of hydrogen-bond donors (Lipinski definition) is 1. The van der Waals surface area contributed by atoms with E-state index in [-0.39, 0.29) is 17.0 Å². The van der Waals surface area contributed by atoms with Gasteiger partial charge in [0.15, 0.2) is 0 Å². The molecule has 1 atom stereocenters. The molecule has 2 aliphatic heterocycles. The van der Waals surface area contributed by atoms with Gasteiger partial charge >= 0.3 is 6.03 Å². The molecule has 0 spiro atoms. The Morgan fingerprint density at radius 1 is 1.17 bits per heavy atom. The fourth-order valence-electron chi connectivity index (χ4n) is 5.20. The van der Waals surface area contributed by atoms with Crippen molar-refractivity contribution >= 4 is 46.9 Å². The zero-order valence-electron chi connectivity index (χ0n) is 21.4. The van der Waals surface area contributed by atoms with Gasteiger partial charge in [-0.05, 0) is 81.0 Å². The third-order valence-corrected chi connectivity index (χ3v) is 7.07. The number of carbonyl (C=O) groups is 3. The Bertz CT molecular complexity index is 1250. The van der Waals surface area contributed by atoms with E-state index in [4.69, 9.17) is 16.3 Å². The number of anilines is 2. The van der Waals surface area contributed by atoms with Crippen LogP contribution in [0.25, 0.3) is 6.08 Å². The van der Waals surface area contributed by atoms with Gasteiger partial charge in [-0.15, -0.1) is 0 Å². The summed E-state index contributed by atoms with van der Waals surface area (Å²) in [6, 6.07) is 9.71. The fraction of sp³-hybridized carbons (Fsp3) is 0.393. The molecule has 4 amide bonds. The predicted octanol–water partition coefficient (Wildman–Crippen LogP) is 5.91. The Hall–Kier alpha value is -3.32. The molecule has 2 aromatic carbocycles. The summed E-state index contributed by atoms with van der Waals surface area (Å²) < 4.78 is 5.50. The Labute approximate surface area is 217 Å². The molecule has 0 saturated carbocycles. The Kier molecular flexibility index (Phi) is 7.14. The minimum absolute atomic E-state index is 0.0121. The van der Waals surface area contributed by atoms with Crippen molar-refractivity contribution in [3.8, 4) is 5.75 Å². The number of fused-ring (bicyclic) bond motifs is 1. The topological polar surface area (TPSA) is 79.0 Å². The quantitative estimate of drug-likeness (QED) is 0.387. The van der Waals surface area contributed by atoms with Gasteiger partial charge in [-0.1, -0.05) is 31.5 Å². The summed E-state index contributed by atoms with van der Waals surface area (Å²) >= 11 is 6.71. The molecule has 2 heterocycles. The van der Waals surface area contributed by atoms with Gasteiger partial charge in [-0.25, -0.2) is 9.69 Å². The van der Waals surface area contributed by atoms with Crippen LogP contribution in [-0.4, -0.2) is 36.5 Å². The highest BCUT2D eigenvalue weighted by molar-refractivity contribution is 6.40. The van der Waals surface area contributed by atoms with Crippen molar-refractivity contribution in [2.45, 2.75) is 58.9 Å². The van der Waals surface area contributed by atoms with Gasteiger partial charge in [0.2, 0.25) is 0 Å². The zero-order valence-corrected chi connectivity index (χ0v) is 22.1. The standard InChI is InChI=1S/C28H32ClN3O4/c1-6-11-31-24-15-23(29)18(12-21(24)17(3)16-28(31,4)5)13-22-25(33)30-27(35)32(26(22)34)19-9-8-10-20(14-19)36-7-2/h8-10,12-15,17H,6-7,11,16H2,1-5H3,(H,30,33,35)/b22-13-. The molecule has 1 saturated heterocycles. The highest BCUT2D eigenvalue weighted by Crippen LogP contribution is 2.45. The second kappa shape index (κ2) is 9.97. The van der Waals surface area contributed by atoms with Crippen molar-refractivity contribution in [2.24, 2.45) is 0 Å². The van der Waals surface area contributed by atoms with Crippen LogP contribution in [0.5, 0.6) is 5.75 Å². The van der Waals surface area contributed by atoms with Crippen LogP contribution >= 0.6 is 11.6 Å². The summed E-state index contributed by atoms with van der Waals surface area (Å²) in [6.45, 7) is 12.0. The molecular weight excluding hydrogens is 478 g/mol. The smallest absolute Gasteiger partial charge is 0.335 e. The second-order valence-corrected chi connectivity index (χ2v) is 10.3. The van der Waals surface area contributed by atoms with E-state index in [1.807, 2.05) is 19.1 Å². The number of hydrogen-bond acceptors (Lipinski definition) is 5. The highest BCUT2D eigenvalue weighted by Gasteiger charge is 2.38. The van der Waals surface area contributed by atoms with E-state index < -0.39 is 17.8 Å². The van der Waals surface area contributed by atoms with Crippen LogP contribution in [0.1, 0.15) is 64.5 Å². The average molecular weight is 510 g/mol. The molecule has 0 aromatic heterocycles. The molecule has 8 heteroatoms. The monoisotopic (exact) mass is 509 g/mol. The van der Waals surface area contributed by atoms with Crippen molar-refractivity contribution < 1.29 is 19.1 Å². The largest absolute Gasteiger partial charge is 0.494 e. The predicted molar refractivity (Wildman–Crippen MR) is 143 cm³/mol. The van der Waals surface area contributed by atoms with Crippen molar-refractivity contribution in [3.05, 3.63) is 58.1 Å². The number of urea groups is 1. The molecule has 1 unspecified atom stereocenters. The first-order chi connectivity index (χ1) is 17.1. The summed E-state index contributed by atoms with van der Waals surface area (Å²) in [4.78, 5) is 42.1. The molecule has 4 rings (SSSR count). The molecule has 2 aromatic rings. The Balaban J connectivity index is 1.75. The fourth-order valence-corrected chi connectivity index (χ4v) is 5.42. The third-order valence-electron chi connectivity index (χ3n) is 6.74. The van der Waals surface area contributed by atoms with Crippen molar-refractivity contribution in [1.29, 1.82) is 0 Å². The maximum absolute atomic E-state index is 13.4. The van der Waals surface area contributed by atoms with Crippen LogP contribution in [0.4, 0.5) is 16.2 Å². The third kappa shape index (κ3) is 4.72. The van der Waals surface area contributed by atoms with E-state index >= 15 is 0 Å². The molecule has 0 radical (unpaired) electrons. The Morgan fingerprint density at radius 3 is 2.61 bits per heavy atom. The van der Waals surface area contributed by atoms with Crippen LogP contribution in [0.2, 0.25) is 5.02 Å². The number of amides is 4. The summed E-state index contributed by atoms with van der Waals surface area (Å²) in [5, 5.41) is 2.71. The number of benzene rings is 2. The van der Waals surface area contributed by atoms with Gasteiger partial charge in [0.05, 0.1) is 12.3 Å².